The lowest BCUT2D eigenvalue weighted by atomic mass is 10.2. The lowest BCUT2D eigenvalue weighted by Gasteiger charge is -2.11. The molecule has 0 atom stereocenters. The number of aromatic nitrogens is 2. The predicted octanol–water partition coefficient (Wildman–Crippen LogP) is 6.97. The third kappa shape index (κ3) is 4.52. The molecule has 1 heterocycles. The molecule has 0 radical (unpaired) electrons. The quantitative estimate of drug-likeness (QED) is 0.284. The van der Waals surface area contributed by atoms with E-state index in [4.69, 9.17) is 4.98 Å². The number of azo groups is 1. The average Bonchev–Trinajstić information content (AvgIpc) is 2.88. The maximum atomic E-state index is 13.4. The maximum absolute atomic E-state index is 13.4. The van der Waals surface area contributed by atoms with E-state index in [1.807, 2.05) is 115 Å². The molecule has 4 aromatic carbocycles. The summed E-state index contributed by atoms with van der Waals surface area (Å²) in [6.07, 6.45) is 3.82. The maximum Gasteiger partial charge on any atom is 0.266 e. The van der Waals surface area contributed by atoms with Crippen molar-refractivity contribution in [3.05, 3.63) is 131 Å². The summed E-state index contributed by atoms with van der Waals surface area (Å²) >= 11 is 0. The Hall–Kier alpha value is -4.64. The Bertz CT molecular complexity index is 1500. The van der Waals surface area contributed by atoms with Gasteiger partial charge in [-0.3, -0.25) is 9.36 Å². The Kier molecular flexibility index (Phi) is 5.68. The molecule has 5 heteroatoms. The van der Waals surface area contributed by atoms with E-state index in [0.29, 0.717) is 28.1 Å². The molecule has 1 aromatic heterocycles. The third-order valence-electron chi connectivity index (χ3n) is 5.17. The summed E-state index contributed by atoms with van der Waals surface area (Å²) in [5.74, 6) is 0.557. The summed E-state index contributed by atoms with van der Waals surface area (Å²) in [4.78, 5) is 18.2. The van der Waals surface area contributed by atoms with Gasteiger partial charge in [0.15, 0.2) is 0 Å². The van der Waals surface area contributed by atoms with Crippen molar-refractivity contribution in [3.63, 3.8) is 0 Å². The van der Waals surface area contributed by atoms with E-state index in [0.717, 1.165) is 11.3 Å². The smallest absolute Gasteiger partial charge is 0.266 e. The Morgan fingerprint density at radius 3 is 1.97 bits per heavy atom. The number of nitrogens with zero attached hydrogens (tertiary/aromatic N) is 4. The minimum atomic E-state index is -0.119. The van der Waals surface area contributed by atoms with Gasteiger partial charge < -0.3 is 0 Å². The van der Waals surface area contributed by atoms with Crippen molar-refractivity contribution in [2.45, 2.75) is 0 Å². The van der Waals surface area contributed by atoms with Gasteiger partial charge in [-0.1, -0.05) is 66.7 Å². The molecule has 158 valence electrons. The number of para-hydroxylation sites is 1. The van der Waals surface area contributed by atoms with E-state index < -0.39 is 0 Å². The van der Waals surface area contributed by atoms with Crippen molar-refractivity contribution >= 4 is 34.4 Å². The second-order valence-electron chi connectivity index (χ2n) is 7.42. The van der Waals surface area contributed by atoms with E-state index in [9.17, 15) is 4.79 Å². The monoisotopic (exact) mass is 428 g/mol. The summed E-state index contributed by atoms with van der Waals surface area (Å²) < 4.78 is 1.62. The van der Waals surface area contributed by atoms with Crippen LogP contribution in [0.15, 0.2) is 124 Å². The normalized spacial score (nSPS) is 11.5. The first-order valence-corrected chi connectivity index (χ1v) is 10.6. The summed E-state index contributed by atoms with van der Waals surface area (Å²) in [6.45, 7) is 0. The van der Waals surface area contributed by atoms with Gasteiger partial charge >= 0.3 is 0 Å². The van der Waals surface area contributed by atoms with Crippen LogP contribution in [0.3, 0.4) is 0 Å². The number of hydrogen-bond acceptors (Lipinski definition) is 4. The zero-order valence-corrected chi connectivity index (χ0v) is 17.7. The number of fused-ring (bicyclic) bond motifs is 1. The van der Waals surface area contributed by atoms with Crippen molar-refractivity contribution < 1.29 is 0 Å². The molecule has 0 fully saturated rings. The van der Waals surface area contributed by atoms with E-state index in [1.54, 1.807) is 10.6 Å². The zero-order valence-electron chi connectivity index (χ0n) is 17.7. The van der Waals surface area contributed by atoms with Crippen molar-refractivity contribution in [1.82, 2.24) is 9.55 Å². The van der Waals surface area contributed by atoms with Crippen molar-refractivity contribution in [2.24, 2.45) is 10.2 Å². The van der Waals surface area contributed by atoms with Crippen LogP contribution in [-0.4, -0.2) is 9.55 Å². The summed E-state index contributed by atoms with van der Waals surface area (Å²) in [5.41, 5.74) is 3.77. The first kappa shape index (κ1) is 20.3. The molecule has 0 aliphatic rings. The van der Waals surface area contributed by atoms with E-state index >= 15 is 0 Å². The van der Waals surface area contributed by atoms with Gasteiger partial charge in [0, 0.05) is 0 Å². The van der Waals surface area contributed by atoms with Gasteiger partial charge in [-0.25, -0.2) is 4.98 Å². The minimum absolute atomic E-state index is 0.119. The van der Waals surface area contributed by atoms with Gasteiger partial charge in [-0.15, -0.1) is 0 Å². The first-order chi connectivity index (χ1) is 16.3. The van der Waals surface area contributed by atoms with Crippen LogP contribution in [0.2, 0.25) is 0 Å². The summed E-state index contributed by atoms with van der Waals surface area (Å²) in [5, 5.41) is 9.11. The SMILES string of the molecule is O=c1c2ccccc2nc(/C=C/c2ccccc2)n1-c1ccc(N=Nc2ccccc2)cc1. The van der Waals surface area contributed by atoms with Crippen molar-refractivity contribution in [2.75, 3.05) is 0 Å². The Labute approximate surface area is 191 Å². The highest BCUT2D eigenvalue weighted by Gasteiger charge is 2.11. The topological polar surface area (TPSA) is 59.6 Å². The molecule has 33 heavy (non-hydrogen) atoms. The lowest BCUT2D eigenvalue weighted by molar-refractivity contribution is 0.943. The van der Waals surface area contributed by atoms with Gasteiger partial charge in [0.2, 0.25) is 0 Å². The minimum Gasteiger partial charge on any atom is -0.268 e. The van der Waals surface area contributed by atoms with Crippen LogP contribution < -0.4 is 5.56 Å². The van der Waals surface area contributed by atoms with Crippen LogP contribution in [0.1, 0.15) is 11.4 Å². The Balaban J connectivity index is 1.56. The lowest BCUT2D eigenvalue weighted by Crippen LogP contribution is -2.22. The zero-order chi connectivity index (χ0) is 22.5. The molecule has 0 unspecified atom stereocenters. The molecular formula is C28H20N4O. The fourth-order valence-corrected chi connectivity index (χ4v) is 3.52. The number of hydrogen-bond donors (Lipinski definition) is 0. The van der Waals surface area contributed by atoms with Gasteiger partial charge in [0.1, 0.15) is 5.82 Å². The molecule has 0 saturated heterocycles. The van der Waals surface area contributed by atoms with E-state index in [-0.39, 0.29) is 5.56 Å². The van der Waals surface area contributed by atoms with Crippen LogP contribution in [0.25, 0.3) is 28.7 Å². The highest BCUT2D eigenvalue weighted by molar-refractivity contribution is 5.80. The van der Waals surface area contributed by atoms with Gasteiger partial charge in [0.25, 0.3) is 5.56 Å². The first-order valence-electron chi connectivity index (χ1n) is 10.6. The fraction of sp³-hybridized carbons (Fsp3) is 0. The highest BCUT2D eigenvalue weighted by Crippen LogP contribution is 2.21. The van der Waals surface area contributed by atoms with E-state index in [2.05, 4.69) is 10.2 Å². The second-order valence-corrected chi connectivity index (χ2v) is 7.42. The third-order valence-corrected chi connectivity index (χ3v) is 5.17. The standard InChI is InChI=1S/C28H20N4O/c33-28-25-13-7-8-14-26(25)29-27(20-15-21-9-3-1-4-10-21)32(28)24-18-16-23(17-19-24)31-30-22-11-5-2-6-12-22/h1-20H/b20-15+,31-30?. The molecule has 5 aromatic rings. The number of benzene rings is 4. The van der Waals surface area contributed by atoms with Gasteiger partial charge in [-0.2, -0.15) is 10.2 Å². The summed E-state index contributed by atoms with van der Waals surface area (Å²) in [7, 11) is 0. The van der Waals surface area contributed by atoms with Gasteiger partial charge in [0.05, 0.1) is 28.0 Å². The van der Waals surface area contributed by atoms with Crippen molar-refractivity contribution in [3.8, 4) is 5.69 Å². The molecular weight excluding hydrogens is 408 g/mol. The van der Waals surface area contributed by atoms with Crippen LogP contribution in [-0.2, 0) is 0 Å². The van der Waals surface area contributed by atoms with E-state index in [1.165, 1.54) is 0 Å². The molecule has 0 N–H and O–H groups in total. The molecule has 0 spiro atoms. The molecule has 5 nitrogen and oxygen atoms in total. The van der Waals surface area contributed by atoms with Crippen LogP contribution in [0.4, 0.5) is 11.4 Å². The predicted molar refractivity (Wildman–Crippen MR) is 133 cm³/mol. The molecule has 5 rings (SSSR count). The highest BCUT2D eigenvalue weighted by atomic mass is 16.1. The Morgan fingerprint density at radius 2 is 1.24 bits per heavy atom. The van der Waals surface area contributed by atoms with Crippen LogP contribution >= 0.6 is 0 Å². The van der Waals surface area contributed by atoms with Crippen LogP contribution in [0, 0.1) is 0 Å². The molecule has 0 saturated carbocycles. The molecule has 0 aliphatic carbocycles. The largest absolute Gasteiger partial charge is 0.268 e. The van der Waals surface area contributed by atoms with Crippen LogP contribution in [0.5, 0.6) is 0 Å². The second kappa shape index (κ2) is 9.24. The average molecular weight is 428 g/mol. The molecule has 0 aliphatic heterocycles. The van der Waals surface area contributed by atoms with Crippen molar-refractivity contribution in [1.29, 1.82) is 0 Å². The molecule has 0 bridgehead atoms. The van der Waals surface area contributed by atoms with Gasteiger partial charge in [-0.05, 0) is 60.2 Å². The fourth-order valence-electron chi connectivity index (χ4n) is 3.52. The number of rotatable bonds is 5. The molecule has 0 amide bonds. The summed E-state index contributed by atoms with van der Waals surface area (Å²) in [6, 6.07) is 34.3. The Morgan fingerprint density at radius 1 is 0.636 bits per heavy atom.